The van der Waals surface area contributed by atoms with Crippen LogP contribution in [0.25, 0.3) is 0 Å². The number of nitrogens with zero attached hydrogens (tertiary/aromatic N) is 1. The summed E-state index contributed by atoms with van der Waals surface area (Å²) in [7, 11) is 1.87. The Bertz CT molecular complexity index is 155. The number of hydrogen-bond donors (Lipinski definition) is 0. The Balaban J connectivity index is 2.20. The van der Waals surface area contributed by atoms with Gasteiger partial charge < -0.3 is 9.64 Å². The molecule has 1 fully saturated rings. The molecule has 1 amide bonds. The van der Waals surface area contributed by atoms with E-state index in [0.717, 1.165) is 12.8 Å². The molecule has 0 aromatic rings. The van der Waals surface area contributed by atoms with Crippen molar-refractivity contribution in [2.75, 3.05) is 20.3 Å². The molecule has 1 rings (SSSR count). The fourth-order valence-corrected chi connectivity index (χ4v) is 1.27. The average Bonchev–Trinajstić information content (AvgIpc) is 1.96. The van der Waals surface area contributed by atoms with E-state index < -0.39 is 0 Å². The third-order valence-corrected chi connectivity index (χ3v) is 2.45. The molecule has 0 bridgehead atoms. The van der Waals surface area contributed by atoms with E-state index in [-0.39, 0.29) is 12.5 Å². The lowest BCUT2D eigenvalue weighted by molar-refractivity contribution is -0.138. The molecule has 1 aliphatic rings. The molecule has 0 aliphatic heterocycles. The maximum absolute atomic E-state index is 11.3. The fraction of sp³-hybridized carbons (Fsp3) is 0.889. The maximum atomic E-state index is 11.3. The van der Waals surface area contributed by atoms with Crippen molar-refractivity contribution < 1.29 is 9.53 Å². The zero-order valence-electron chi connectivity index (χ0n) is 7.88. The van der Waals surface area contributed by atoms with Crippen LogP contribution in [0.1, 0.15) is 26.2 Å². The molecule has 0 atom stereocenters. The van der Waals surface area contributed by atoms with Gasteiger partial charge in [-0.25, -0.2) is 0 Å². The second-order valence-electron chi connectivity index (χ2n) is 3.23. The van der Waals surface area contributed by atoms with E-state index >= 15 is 0 Å². The molecular weight excluding hydrogens is 154 g/mol. The van der Waals surface area contributed by atoms with Crippen molar-refractivity contribution in [1.82, 2.24) is 4.90 Å². The zero-order valence-corrected chi connectivity index (χ0v) is 7.88. The summed E-state index contributed by atoms with van der Waals surface area (Å²) in [5.74, 6) is 0.113. The monoisotopic (exact) mass is 171 g/mol. The summed E-state index contributed by atoms with van der Waals surface area (Å²) in [4.78, 5) is 13.2. The number of amides is 1. The van der Waals surface area contributed by atoms with Crippen molar-refractivity contribution in [3.63, 3.8) is 0 Å². The first-order chi connectivity index (χ1) is 5.75. The standard InChI is InChI=1S/C9H17NO2/c1-3-12-7-9(11)10(2)8-5-4-6-8/h8H,3-7H2,1-2H3. The summed E-state index contributed by atoms with van der Waals surface area (Å²) in [6.07, 6.45) is 3.58. The van der Waals surface area contributed by atoms with Crippen LogP contribution in [-0.2, 0) is 9.53 Å². The number of likely N-dealkylation sites (N-methyl/N-ethyl adjacent to an activating group) is 1. The Morgan fingerprint density at radius 3 is 2.67 bits per heavy atom. The molecule has 1 saturated carbocycles. The first kappa shape index (κ1) is 9.52. The van der Waals surface area contributed by atoms with Crippen molar-refractivity contribution >= 4 is 5.91 Å². The van der Waals surface area contributed by atoms with Crippen LogP contribution < -0.4 is 0 Å². The van der Waals surface area contributed by atoms with Crippen molar-refractivity contribution in [2.24, 2.45) is 0 Å². The Morgan fingerprint density at radius 2 is 2.25 bits per heavy atom. The molecule has 70 valence electrons. The predicted molar refractivity (Wildman–Crippen MR) is 46.9 cm³/mol. The van der Waals surface area contributed by atoms with Gasteiger partial charge in [0.1, 0.15) is 6.61 Å². The van der Waals surface area contributed by atoms with Gasteiger partial charge in [0.25, 0.3) is 0 Å². The van der Waals surface area contributed by atoms with Gasteiger partial charge in [0.05, 0.1) is 0 Å². The van der Waals surface area contributed by atoms with Gasteiger partial charge in [-0.2, -0.15) is 0 Å². The zero-order chi connectivity index (χ0) is 8.97. The first-order valence-corrected chi connectivity index (χ1v) is 4.59. The van der Waals surface area contributed by atoms with Gasteiger partial charge in [-0.1, -0.05) is 0 Å². The smallest absolute Gasteiger partial charge is 0.248 e. The summed E-state index contributed by atoms with van der Waals surface area (Å²) in [6.45, 7) is 2.75. The number of hydrogen-bond acceptors (Lipinski definition) is 2. The highest BCUT2D eigenvalue weighted by atomic mass is 16.5. The topological polar surface area (TPSA) is 29.5 Å². The third kappa shape index (κ3) is 2.21. The lowest BCUT2D eigenvalue weighted by Crippen LogP contribution is -2.42. The Morgan fingerprint density at radius 1 is 1.58 bits per heavy atom. The molecule has 0 N–H and O–H groups in total. The van der Waals surface area contributed by atoms with Crippen LogP contribution >= 0.6 is 0 Å². The molecule has 0 aromatic carbocycles. The summed E-state index contributed by atoms with van der Waals surface area (Å²) in [5, 5.41) is 0. The largest absolute Gasteiger partial charge is 0.372 e. The van der Waals surface area contributed by atoms with E-state index in [1.165, 1.54) is 6.42 Å². The van der Waals surface area contributed by atoms with Crippen LogP contribution in [0.5, 0.6) is 0 Å². The normalized spacial score (nSPS) is 17.2. The highest BCUT2D eigenvalue weighted by Gasteiger charge is 2.25. The minimum absolute atomic E-state index is 0.113. The van der Waals surface area contributed by atoms with Gasteiger partial charge in [0.15, 0.2) is 0 Å². The maximum Gasteiger partial charge on any atom is 0.248 e. The molecule has 0 heterocycles. The van der Waals surface area contributed by atoms with Gasteiger partial charge in [-0.3, -0.25) is 4.79 Å². The molecule has 0 saturated heterocycles. The molecule has 0 spiro atoms. The number of carbonyl (C=O) groups is 1. The second-order valence-corrected chi connectivity index (χ2v) is 3.23. The average molecular weight is 171 g/mol. The van der Waals surface area contributed by atoms with Gasteiger partial charge in [0.2, 0.25) is 5.91 Å². The van der Waals surface area contributed by atoms with E-state index in [1.807, 2.05) is 18.9 Å². The van der Waals surface area contributed by atoms with Gasteiger partial charge in [0, 0.05) is 19.7 Å². The van der Waals surface area contributed by atoms with Crippen LogP contribution in [0.15, 0.2) is 0 Å². The fourth-order valence-electron chi connectivity index (χ4n) is 1.27. The Kier molecular flexibility index (Phi) is 3.53. The second kappa shape index (κ2) is 4.45. The molecule has 3 nitrogen and oxygen atoms in total. The van der Waals surface area contributed by atoms with E-state index in [2.05, 4.69) is 0 Å². The van der Waals surface area contributed by atoms with Gasteiger partial charge >= 0.3 is 0 Å². The van der Waals surface area contributed by atoms with E-state index in [9.17, 15) is 4.79 Å². The van der Waals surface area contributed by atoms with E-state index in [0.29, 0.717) is 12.6 Å². The molecule has 3 heteroatoms. The summed E-state index contributed by atoms with van der Waals surface area (Å²) < 4.78 is 5.04. The third-order valence-electron chi connectivity index (χ3n) is 2.45. The minimum Gasteiger partial charge on any atom is -0.372 e. The highest BCUT2D eigenvalue weighted by molar-refractivity contribution is 5.77. The lowest BCUT2D eigenvalue weighted by Gasteiger charge is -2.34. The molecule has 0 unspecified atom stereocenters. The number of rotatable bonds is 4. The van der Waals surface area contributed by atoms with Crippen molar-refractivity contribution in [3.8, 4) is 0 Å². The number of carbonyl (C=O) groups excluding carboxylic acids is 1. The Hall–Kier alpha value is -0.570. The van der Waals surface area contributed by atoms with Crippen LogP contribution in [0, 0.1) is 0 Å². The van der Waals surface area contributed by atoms with Crippen molar-refractivity contribution in [3.05, 3.63) is 0 Å². The van der Waals surface area contributed by atoms with E-state index in [4.69, 9.17) is 4.74 Å². The first-order valence-electron chi connectivity index (χ1n) is 4.59. The SMILES string of the molecule is CCOCC(=O)N(C)C1CCC1. The minimum atomic E-state index is 0.113. The quantitative estimate of drug-likeness (QED) is 0.632. The summed E-state index contributed by atoms with van der Waals surface area (Å²) >= 11 is 0. The highest BCUT2D eigenvalue weighted by Crippen LogP contribution is 2.23. The van der Waals surface area contributed by atoms with Gasteiger partial charge in [-0.15, -0.1) is 0 Å². The molecule has 12 heavy (non-hydrogen) atoms. The van der Waals surface area contributed by atoms with Crippen LogP contribution in [0.4, 0.5) is 0 Å². The lowest BCUT2D eigenvalue weighted by atomic mass is 9.92. The summed E-state index contributed by atoms with van der Waals surface area (Å²) in [5.41, 5.74) is 0. The van der Waals surface area contributed by atoms with Crippen molar-refractivity contribution in [2.45, 2.75) is 32.2 Å². The van der Waals surface area contributed by atoms with Crippen LogP contribution in [0.3, 0.4) is 0 Å². The van der Waals surface area contributed by atoms with Crippen LogP contribution in [-0.4, -0.2) is 37.1 Å². The van der Waals surface area contributed by atoms with E-state index in [1.54, 1.807) is 0 Å². The molecule has 1 aliphatic carbocycles. The predicted octanol–water partition coefficient (Wildman–Crippen LogP) is 1.03. The van der Waals surface area contributed by atoms with Crippen molar-refractivity contribution in [1.29, 1.82) is 0 Å². The molecular formula is C9H17NO2. The molecule has 0 aromatic heterocycles. The van der Waals surface area contributed by atoms with Gasteiger partial charge in [-0.05, 0) is 26.2 Å². The summed E-state index contributed by atoms with van der Waals surface area (Å²) in [6, 6.07) is 0.484. The Labute approximate surface area is 73.7 Å². The van der Waals surface area contributed by atoms with Crippen LogP contribution in [0.2, 0.25) is 0 Å². The number of ether oxygens (including phenoxy) is 1. The molecule has 0 radical (unpaired) electrons.